The van der Waals surface area contributed by atoms with Gasteiger partial charge in [0, 0.05) is 25.9 Å². The zero-order valence-electron chi connectivity index (χ0n) is 4.89. The molecule has 4 N–H and O–H groups in total. The summed E-state index contributed by atoms with van der Waals surface area (Å²) in [4.78, 5) is 9.56. The van der Waals surface area contributed by atoms with Gasteiger partial charge in [-0.15, -0.1) is 0 Å². The fourth-order valence-electron chi connectivity index (χ4n) is 0.0510. The maximum atomic E-state index is 9.56. The van der Waals surface area contributed by atoms with E-state index in [0.29, 0.717) is 18.9 Å². The highest BCUT2D eigenvalue weighted by molar-refractivity contribution is 5.92. The van der Waals surface area contributed by atoms with Gasteiger partial charge in [-0.05, 0) is 0 Å². The first-order chi connectivity index (χ1) is 3.81. The van der Waals surface area contributed by atoms with Crippen LogP contribution < -0.4 is 11.5 Å². The maximum absolute atomic E-state index is 9.56. The standard InChI is InChI=1S/C3H4O.C2H8N2/c4-3-1-2-3;3-1-2-4/h1-2H2;1-4H2. The summed E-state index contributed by atoms with van der Waals surface area (Å²) in [6.07, 6.45) is 1.69. The van der Waals surface area contributed by atoms with Gasteiger partial charge in [-0.2, -0.15) is 0 Å². The Bertz CT molecular complexity index is 64.8. The van der Waals surface area contributed by atoms with Crippen molar-refractivity contribution in [3.63, 3.8) is 0 Å². The number of rotatable bonds is 1. The minimum absolute atomic E-state index is 0.417. The lowest BCUT2D eigenvalue weighted by molar-refractivity contribution is -0.109. The van der Waals surface area contributed by atoms with Crippen LogP contribution >= 0.6 is 0 Å². The van der Waals surface area contributed by atoms with Crippen molar-refractivity contribution in [1.82, 2.24) is 0 Å². The van der Waals surface area contributed by atoms with Gasteiger partial charge in [-0.25, -0.2) is 0 Å². The number of nitrogens with two attached hydrogens (primary N) is 2. The molecule has 0 aromatic heterocycles. The number of hydrogen-bond acceptors (Lipinski definition) is 3. The zero-order valence-corrected chi connectivity index (χ0v) is 4.89. The summed E-state index contributed by atoms with van der Waals surface area (Å²) in [6, 6.07) is 0. The number of Topliss-reactive ketones (excluding diaryl/α,β-unsaturated/α-hetero) is 1. The Kier molecular flexibility index (Phi) is 4.50. The Morgan fingerprint density at radius 2 is 1.50 bits per heavy atom. The van der Waals surface area contributed by atoms with E-state index in [4.69, 9.17) is 11.5 Å². The molecule has 1 fully saturated rings. The van der Waals surface area contributed by atoms with Gasteiger partial charge in [0.2, 0.25) is 0 Å². The predicted molar refractivity (Wildman–Crippen MR) is 32.3 cm³/mol. The van der Waals surface area contributed by atoms with Gasteiger partial charge in [-0.3, -0.25) is 4.79 Å². The molecule has 1 saturated carbocycles. The van der Waals surface area contributed by atoms with E-state index in [1.54, 1.807) is 0 Å². The molecule has 1 rings (SSSR count). The number of hydrogen-bond donors (Lipinski definition) is 2. The third kappa shape index (κ3) is 9.14. The Morgan fingerprint density at radius 1 is 1.25 bits per heavy atom. The predicted octanol–water partition coefficient (Wildman–Crippen LogP) is -0.747. The molecule has 8 heavy (non-hydrogen) atoms. The van der Waals surface area contributed by atoms with Gasteiger partial charge in [0.15, 0.2) is 0 Å². The average Bonchev–Trinajstić information content (AvgIpc) is 2.52. The van der Waals surface area contributed by atoms with Crippen LogP contribution in [0, 0.1) is 0 Å². The van der Waals surface area contributed by atoms with E-state index in [-0.39, 0.29) is 0 Å². The van der Waals surface area contributed by atoms with E-state index in [1.165, 1.54) is 0 Å². The molecule has 0 radical (unpaired) electrons. The molecule has 0 heterocycles. The lowest BCUT2D eigenvalue weighted by Crippen LogP contribution is -2.11. The van der Waals surface area contributed by atoms with Crippen LogP contribution in [0.4, 0.5) is 0 Å². The molecule has 0 aliphatic heterocycles. The zero-order chi connectivity index (χ0) is 6.41. The lowest BCUT2D eigenvalue weighted by Gasteiger charge is -1.72. The van der Waals surface area contributed by atoms with Crippen molar-refractivity contribution in [3.8, 4) is 0 Å². The Morgan fingerprint density at radius 3 is 1.50 bits per heavy atom. The van der Waals surface area contributed by atoms with E-state index >= 15 is 0 Å². The fourth-order valence-corrected chi connectivity index (χ4v) is 0.0510. The average molecular weight is 116 g/mol. The van der Waals surface area contributed by atoms with Crippen LogP contribution in [-0.4, -0.2) is 18.9 Å². The molecule has 0 aromatic carbocycles. The Labute approximate surface area is 49.0 Å². The summed E-state index contributed by atoms with van der Waals surface area (Å²) < 4.78 is 0. The number of carbonyl (C=O) groups is 1. The first-order valence-electron chi connectivity index (χ1n) is 2.73. The first kappa shape index (κ1) is 7.59. The molecule has 3 nitrogen and oxygen atoms in total. The monoisotopic (exact) mass is 116 g/mol. The van der Waals surface area contributed by atoms with Gasteiger partial charge >= 0.3 is 0 Å². The highest BCUT2D eigenvalue weighted by atomic mass is 16.1. The van der Waals surface area contributed by atoms with E-state index in [1.807, 2.05) is 0 Å². The van der Waals surface area contributed by atoms with E-state index < -0.39 is 0 Å². The van der Waals surface area contributed by atoms with Gasteiger partial charge in [0.05, 0.1) is 0 Å². The third-order valence-electron chi connectivity index (χ3n) is 0.621. The van der Waals surface area contributed by atoms with E-state index in [2.05, 4.69) is 0 Å². The van der Waals surface area contributed by atoms with Crippen LogP contribution in [0.1, 0.15) is 12.8 Å². The smallest absolute Gasteiger partial charge is 0.133 e. The van der Waals surface area contributed by atoms with Crippen molar-refractivity contribution in [2.24, 2.45) is 11.5 Å². The van der Waals surface area contributed by atoms with Crippen molar-refractivity contribution in [2.45, 2.75) is 12.8 Å². The van der Waals surface area contributed by atoms with Crippen LogP contribution in [0.2, 0.25) is 0 Å². The molecule has 0 bridgehead atoms. The van der Waals surface area contributed by atoms with Crippen LogP contribution in [0.5, 0.6) is 0 Å². The molecule has 0 unspecified atom stereocenters. The van der Waals surface area contributed by atoms with E-state index in [9.17, 15) is 4.79 Å². The summed E-state index contributed by atoms with van der Waals surface area (Å²) >= 11 is 0. The van der Waals surface area contributed by atoms with Crippen LogP contribution in [0.3, 0.4) is 0 Å². The minimum Gasteiger partial charge on any atom is -0.329 e. The fraction of sp³-hybridized carbons (Fsp3) is 0.800. The highest BCUT2D eigenvalue weighted by Gasteiger charge is 2.13. The summed E-state index contributed by atoms with van der Waals surface area (Å²) in [5.41, 5.74) is 9.81. The van der Waals surface area contributed by atoms with Crippen LogP contribution in [0.25, 0.3) is 0 Å². The molecule has 0 amide bonds. The SMILES string of the molecule is NCCN.O=C1CC1. The molecular formula is C5H12N2O. The molecule has 48 valence electrons. The Hall–Kier alpha value is -0.410. The van der Waals surface area contributed by atoms with Crippen molar-refractivity contribution in [3.05, 3.63) is 0 Å². The maximum Gasteiger partial charge on any atom is 0.133 e. The normalized spacial score (nSPS) is 14.5. The molecule has 0 aromatic rings. The molecule has 0 saturated heterocycles. The number of carbonyl (C=O) groups excluding carboxylic acids is 1. The first-order valence-corrected chi connectivity index (χ1v) is 2.73. The van der Waals surface area contributed by atoms with Crippen molar-refractivity contribution in [1.29, 1.82) is 0 Å². The molecule has 1 aliphatic rings. The molecule has 0 atom stereocenters. The molecule has 3 heteroatoms. The van der Waals surface area contributed by atoms with Gasteiger partial charge in [-0.1, -0.05) is 0 Å². The third-order valence-corrected chi connectivity index (χ3v) is 0.621. The quantitative estimate of drug-likeness (QED) is 0.473. The molecule has 1 aliphatic carbocycles. The topological polar surface area (TPSA) is 69.1 Å². The van der Waals surface area contributed by atoms with Crippen molar-refractivity contribution < 1.29 is 4.79 Å². The van der Waals surface area contributed by atoms with Gasteiger partial charge < -0.3 is 11.5 Å². The number of ketones is 1. The molecular weight excluding hydrogens is 104 g/mol. The summed E-state index contributed by atoms with van der Waals surface area (Å²) in [6.45, 7) is 1.19. The van der Waals surface area contributed by atoms with Crippen molar-refractivity contribution >= 4 is 5.78 Å². The lowest BCUT2D eigenvalue weighted by atomic mass is 10.7. The summed E-state index contributed by atoms with van der Waals surface area (Å²) in [7, 11) is 0. The Balaban J connectivity index is 0.000000122. The highest BCUT2D eigenvalue weighted by Crippen LogP contribution is 2.08. The minimum atomic E-state index is 0.417. The van der Waals surface area contributed by atoms with E-state index in [0.717, 1.165) is 12.8 Å². The van der Waals surface area contributed by atoms with Crippen LogP contribution in [-0.2, 0) is 4.79 Å². The second-order valence-electron chi connectivity index (χ2n) is 1.62. The van der Waals surface area contributed by atoms with Gasteiger partial charge in [0.25, 0.3) is 0 Å². The van der Waals surface area contributed by atoms with Crippen LogP contribution in [0.15, 0.2) is 0 Å². The van der Waals surface area contributed by atoms with Crippen molar-refractivity contribution in [2.75, 3.05) is 13.1 Å². The largest absolute Gasteiger partial charge is 0.329 e. The second kappa shape index (κ2) is 4.74. The summed E-state index contributed by atoms with van der Waals surface area (Å²) in [5.74, 6) is 0.417. The second-order valence-corrected chi connectivity index (χ2v) is 1.62. The summed E-state index contributed by atoms with van der Waals surface area (Å²) in [5, 5.41) is 0. The molecule has 0 spiro atoms. The van der Waals surface area contributed by atoms with Gasteiger partial charge in [0.1, 0.15) is 5.78 Å².